The summed E-state index contributed by atoms with van der Waals surface area (Å²) in [5.74, 6) is 1.30. The van der Waals surface area contributed by atoms with Crippen molar-refractivity contribution in [2.24, 2.45) is 0 Å². The molecular formula is C16H18ClNO2S. The summed E-state index contributed by atoms with van der Waals surface area (Å²) in [5, 5.41) is 8.16. The van der Waals surface area contributed by atoms with Gasteiger partial charge in [-0.25, -0.2) is 0 Å². The van der Waals surface area contributed by atoms with Gasteiger partial charge in [-0.1, -0.05) is 11.6 Å². The van der Waals surface area contributed by atoms with Crippen molar-refractivity contribution in [2.75, 3.05) is 7.11 Å². The standard InChI is InChI=1S/C16H18ClNO2S/c1-19-15-7-12(8-18-13-2-3-13)6-14(17)16(15)20-9-11-4-5-21-10-11/h4-7,10,13,18H,2-3,8-9H2,1H3. The zero-order valence-corrected chi connectivity index (χ0v) is 13.5. The van der Waals surface area contributed by atoms with Crippen LogP contribution in [0.1, 0.15) is 24.0 Å². The first kappa shape index (κ1) is 14.7. The highest BCUT2D eigenvalue weighted by Crippen LogP contribution is 2.37. The van der Waals surface area contributed by atoms with Crippen LogP contribution in [0.3, 0.4) is 0 Å². The Kier molecular flexibility index (Phi) is 4.68. The van der Waals surface area contributed by atoms with Crippen LogP contribution in [0, 0.1) is 0 Å². The van der Waals surface area contributed by atoms with Crippen LogP contribution in [0.5, 0.6) is 11.5 Å². The Bertz CT molecular complexity index is 597. The van der Waals surface area contributed by atoms with E-state index in [0.29, 0.717) is 29.2 Å². The van der Waals surface area contributed by atoms with Crippen LogP contribution in [-0.4, -0.2) is 13.2 Å². The summed E-state index contributed by atoms with van der Waals surface area (Å²) in [4.78, 5) is 0. The monoisotopic (exact) mass is 323 g/mol. The molecule has 112 valence electrons. The van der Waals surface area contributed by atoms with Gasteiger partial charge >= 0.3 is 0 Å². The Morgan fingerprint density at radius 3 is 2.86 bits per heavy atom. The van der Waals surface area contributed by atoms with Gasteiger partial charge in [-0.05, 0) is 52.9 Å². The summed E-state index contributed by atoms with van der Waals surface area (Å²) in [6.45, 7) is 1.31. The molecule has 0 saturated heterocycles. The third kappa shape index (κ3) is 3.90. The van der Waals surface area contributed by atoms with Gasteiger partial charge in [0.25, 0.3) is 0 Å². The molecule has 0 spiro atoms. The van der Waals surface area contributed by atoms with E-state index in [0.717, 1.165) is 17.7 Å². The number of methoxy groups -OCH3 is 1. The summed E-state index contributed by atoms with van der Waals surface area (Å²) in [5.41, 5.74) is 2.25. The Morgan fingerprint density at radius 2 is 2.19 bits per heavy atom. The SMILES string of the molecule is COc1cc(CNC2CC2)cc(Cl)c1OCc1ccsc1. The summed E-state index contributed by atoms with van der Waals surface area (Å²) >= 11 is 8.01. The lowest BCUT2D eigenvalue weighted by Gasteiger charge is -2.14. The first-order valence-electron chi connectivity index (χ1n) is 7.00. The normalized spacial score (nSPS) is 14.2. The van der Waals surface area contributed by atoms with Gasteiger partial charge in [-0.3, -0.25) is 0 Å². The van der Waals surface area contributed by atoms with Crippen molar-refractivity contribution in [3.05, 3.63) is 45.1 Å². The van der Waals surface area contributed by atoms with Gasteiger partial charge in [-0.15, -0.1) is 0 Å². The predicted octanol–water partition coefficient (Wildman–Crippen LogP) is 4.24. The highest BCUT2D eigenvalue weighted by Gasteiger charge is 2.20. The number of benzene rings is 1. The van der Waals surface area contributed by atoms with Crippen molar-refractivity contribution >= 4 is 22.9 Å². The molecule has 1 aromatic heterocycles. The number of rotatable bonds is 7. The van der Waals surface area contributed by atoms with Crippen molar-refractivity contribution in [3.8, 4) is 11.5 Å². The second kappa shape index (κ2) is 6.69. The fourth-order valence-corrected chi connectivity index (χ4v) is 3.04. The average molecular weight is 324 g/mol. The number of nitrogens with one attached hydrogen (secondary N) is 1. The third-order valence-electron chi connectivity index (χ3n) is 3.42. The molecule has 1 fully saturated rings. The quantitative estimate of drug-likeness (QED) is 0.826. The van der Waals surface area contributed by atoms with Gasteiger partial charge in [0.2, 0.25) is 0 Å². The number of hydrogen-bond acceptors (Lipinski definition) is 4. The Labute approximate surface area is 133 Å². The van der Waals surface area contributed by atoms with Gasteiger partial charge in [0.1, 0.15) is 6.61 Å². The van der Waals surface area contributed by atoms with E-state index in [1.54, 1.807) is 18.4 Å². The molecule has 1 saturated carbocycles. The molecule has 1 N–H and O–H groups in total. The summed E-state index contributed by atoms with van der Waals surface area (Å²) < 4.78 is 11.3. The summed E-state index contributed by atoms with van der Waals surface area (Å²) in [6, 6.07) is 6.65. The van der Waals surface area contributed by atoms with Crippen LogP contribution in [0.2, 0.25) is 5.02 Å². The fraction of sp³-hybridized carbons (Fsp3) is 0.375. The minimum atomic E-state index is 0.499. The van der Waals surface area contributed by atoms with E-state index >= 15 is 0 Å². The van der Waals surface area contributed by atoms with Crippen molar-refractivity contribution in [2.45, 2.75) is 32.0 Å². The Balaban J connectivity index is 1.71. The first-order chi connectivity index (χ1) is 10.3. The first-order valence-corrected chi connectivity index (χ1v) is 8.32. The van der Waals surface area contributed by atoms with Crippen molar-refractivity contribution in [1.29, 1.82) is 0 Å². The van der Waals surface area contributed by atoms with Crippen LogP contribution in [0.4, 0.5) is 0 Å². The molecule has 0 amide bonds. The van der Waals surface area contributed by atoms with Gasteiger partial charge in [0.15, 0.2) is 11.5 Å². The molecule has 5 heteroatoms. The maximum Gasteiger partial charge on any atom is 0.180 e. The highest BCUT2D eigenvalue weighted by atomic mass is 35.5. The molecule has 1 aliphatic carbocycles. The van der Waals surface area contributed by atoms with Crippen LogP contribution < -0.4 is 14.8 Å². The smallest absolute Gasteiger partial charge is 0.180 e. The fourth-order valence-electron chi connectivity index (χ4n) is 2.10. The zero-order chi connectivity index (χ0) is 14.7. The molecule has 3 nitrogen and oxygen atoms in total. The molecule has 0 unspecified atom stereocenters. The van der Waals surface area contributed by atoms with Gasteiger partial charge in [0.05, 0.1) is 12.1 Å². The molecule has 3 rings (SSSR count). The predicted molar refractivity (Wildman–Crippen MR) is 86.5 cm³/mol. The second-order valence-electron chi connectivity index (χ2n) is 5.18. The van der Waals surface area contributed by atoms with Gasteiger partial charge in [0, 0.05) is 12.6 Å². The van der Waals surface area contributed by atoms with E-state index in [2.05, 4.69) is 10.7 Å². The topological polar surface area (TPSA) is 30.5 Å². The van der Waals surface area contributed by atoms with E-state index in [-0.39, 0.29) is 0 Å². The minimum Gasteiger partial charge on any atom is -0.493 e. The van der Waals surface area contributed by atoms with Crippen LogP contribution in [0.25, 0.3) is 0 Å². The van der Waals surface area contributed by atoms with E-state index in [1.165, 1.54) is 12.8 Å². The van der Waals surface area contributed by atoms with Crippen LogP contribution >= 0.6 is 22.9 Å². The van der Waals surface area contributed by atoms with E-state index in [1.807, 2.05) is 23.6 Å². The van der Waals surface area contributed by atoms with Crippen LogP contribution in [-0.2, 0) is 13.2 Å². The van der Waals surface area contributed by atoms with Gasteiger partial charge in [-0.2, -0.15) is 11.3 Å². The molecule has 0 bridgehead atoms. The van der Waals surface area contributed by atoms with Crippen molar-refractivity contribution in [3.63, 3.8) is 0 Å². The minimum absolute atomic E-state index is 0.499. The second-order valence-corrected chi connectivity index (χ2v) is 6.37. The summed E-state index contributed by atoms with van der Waals surface area (Å²) in [7, 11) is 1.64. The molecule has 1 heterocycles. The maximum absolute atomic E-state index is 6.35. The number of ether oxygens (including phenoxy) is 2. The number of halogens is 1. The largest absolute Gasteiger partial charge is 0.493 e. The van der Waals surface area contributed by atoms with E-state index in [4.69, 9.17) is 21.1 Å². The zero-order valence-electron chi connectivity index (χ0n) is 11.9. The lowest BCUT2D eigenvalue weighted by atomic mass is 10.2. The van der Waals surface area contributed by atoms with Crippen molar-refractivity contribution < 1.29 is 9.47 Å². The molecule has 2 aromatic rings. The molecule has 0 radical (unpaired) electrons. The number of thiophene rings is 1. The van der Waals surface area contributed by atoms with E-state index < -0.39 is 0 Å². The Morgan fingerprint density at radius 1 is 1.33 bits per heavy atom. The molecule has 1 aliphatic rings. The molecule has 21 heavy (non-hydrogen) atoms. The molecule has 1 aromatic carbocycles. The van der Waals surface area contributed by atoms with Crippen molar-refractivity contribution in [1.82, 2.24) is 5.32 Å². The third-order valence-corrected chi connectivity index (χ3v) is 4.44. The average Bonchev–Trinajstić information content (AvgIpc) is 3.17. The van der Waals surface area contributed by atoms with Crippen LogP contribution in [0.15, 0.2) is 29.0 Å². The maximum atomic E-state index is 6.35. The molecule has 0 atom stereocenters. The van der Waals surface area contributed by atoms with E-state index in [9.17, 15) is 0 Å². The molecular weight excluding hydrogens is 306 g/mol. The number of hydrogen-bond donors (Lipinski definition) is 1. The lowest BCUT2D eigenvalue weighted by Crippen LogP contribution is -2.15. The molecule has 0 aliphatic heterocycles. The highest BCUT2D eigenvalue weighted by molar-refractivity contribution is 7.07. The summed E-state index contributed by atoms with van der Waals surface area (Å²) in [6.07, 6.45) is 2.54. The lowest BCUT2D eigenvalue weighted by molar-refractivity contribution is 0.285. The Hall–Kier alpha value is -1.23. The van der Waals surface area contributed by atoms with Gasteiger partial charge < -0.3 is 14.8 Å².